The van der Waals surface area contributed by atoms with E-state index in [-0.39, 0.29) is 24.1 Å². The number of halogens is 2. The van der Waals surface area contributed by atoms with Crippen LogP contribution in [0.4, 0.5) is 21.5 Å². The van der Waals surface area contributed by atoms with Crippen molar-refractivity contribution in [3.05, 3.63) is 83.6 Å². The fraction of sp³-hybridized carbons (Fsp3) is 0.323. The Morgan fingerprint density at radius 2 is 1.71 bits per heavy atom. The highest BCUT2D eigenvalue weighted by atomic mass is 35.5. The van der Waals surface area contributed by atoms with Gasteiger partial charge in [0.1, 0.15) is 11.9 Å². The molecule has 0 saturated carbocycles. The molecule has 42 heavy (non-hydrogen) atoms. The molecule has 2 saturated heterocycles. The van der Waals surface area contributed by atoms with E-state index >= 15 is 0 Å². The molecule has 2 heterocycles. The molecule has 220 valence electrons. The van der Waals surface area contributed by atoms with Gasteiger partial charge in [-0.2, -0.15) is 0 Å². The number of rotatable bonds is 10. The highest BCUT2D eigenvalue weighted by Gasteiger charge is 2.44. The third-order valence-electron chi connectivity index (χ3n) is 7.57. The summed E-state index contributed by atoms with van der Waals surface area (Å²) in [6, 6.07) is 20.5. The van der Waals surface area contributed by atoms with E-state index < -0.39 is 6.04 Å². The van der Waals surface area contributed by atoms with Gasteiger partial charge in [-0.3, -0.25) is 19.4 Å². The summed E-state index contributed by atoms with van der Waals surface area (Å²) < 4.78 is 13.3. The minimum absolute atomic E-state index is 0.0172. The van der Waals surface area contributed by atoms with Crippen molar-refractivity contribution < 1.29 is 14.0 Å². The number of carbonyl (C=O) groups is 2. The molecule has 3 aromatic carbocycles. The van der Waals surface area contributed by atoms with Crippen molar-refractivity contribution in [3.8, 4) is 0 Å². The van der Waals surface area contributed by atoms with Gasteiger partial charge in [-0.1, -0.05) is 17.7 Å². The highest BCUT2D eigenvalue weighted by Crippen LogP contribution is 2.30. The van der Waals surface area contributed by atoms with Crippen LogP contribution in [0.2, 0.25) is 5.02 Å². The predicted molar refractivity (Wildman–Crippen MR) is 173 cm³/mol. The van der Waals surface area contributed by atoms with Gasteiger partial charge in [0.25, 0.3) is 5.91 Å². The molecule has 2 aliphatic heterocycles. The van der Waals surface area contributed by atoms with E-state index in [1.807, 2.05) is 47.6 Å². The number of thiocarbonyl (C=S) groups is 1. The molecule has 5 rings (SSSR count). The summed E-state index contributed by atoms with van der Waals surface area (Å²) in [6.45, 7) is 4.90. The Balaban J connectivity index is 1.23. The van der Waals surface area contributed by atoms with E-state index in [4.69, 9.17) is 23.8 Å². The fourth-order valence-electron chi connectivity index (χ4n) is 5.34. The Labute approximate surface area is 260 Å². The summed E-state index contributed by atoms with van der Waals surface area (Å²) in [7, 11) is 0. The van der Waals surface area contributed by atoms with Crippen LogP contribution in [0.1, 0.15) is 12.8 Å². The lowest BCUT2D eigenvalue weighted by atomic mass is 10.1. The molecule has 1 atom stereocenters. The molecule has 7 nitrogen and oxygen atoms in total. The summed E-state index contributed by atoms with van der Waals surface area (Å²) in [5, 5.41) is 3.88. The van der Waals surface area contributed by atoms with Gasteiger partial charge < -0.3 is 15.1 Å². The number of thioether (sulfide) groups is 1. The van der Waals surface area contributed by atoms with Crippen LogP contribution in [0.5, 0.6) is 0 Å². The van der Waals surface area contributed by atoms with Crippen molar-refractivity contribution in [3.63, 3.8) is 0 Å². The Hall–Kier alpha value is -3.18. The van der Waals surface area contributed by atoms with Gasteiger partial charge in [0.15, 0.2) is 5.11 Å². The van der Waals surface area contributed by atoms with Crippen LogP contribution in [-0.2, 0) is 9.59 Å². The van der Waals surface area contributed by atoms with Crippen molar-refractivity contribution in [1.82, 2.24) is 9.80 Å². The summed E-state index contributed by atoms with van der Waals surface area (Å²) in [6.07, 6.45) is 2.76. The molecule has 1 N–H and O–H groups in total. The predicted octanol–water partition coefficient (Wildman–Crippen LogP) is 5.74. The Morgan fingerprint density at radius 1 is 1.00 bits per heavy atom. The van der Waals surface area contributed by atoms with Crippen LogP contribution in [0.3, 0.4) is 0 Å². The van der Waals surface area contributed by atoms with Crippen LogP contribution in [0, 0.1) is 5.82 Å². The topological polar surface area (TPSA) is 59.1 Å². The molecule has 0 spiro atoms. The van der Waals surface area contributed by atoms with E-state index in [0.717, 1.165) is 49.7 Å². The Bertz CT molecular complexity index is 1420. The van der Waals surface area contributed by atoms with Gasteiger partial charge in [0.2, 0.25) is 5.91 Å². The SMILES string of the molecule is CSc1cccc(N2C(=O)[C@@H](CC(=O)Nc3ccc(Cl)cc3)N(CCCN3CCN(c4ccc(F)cc4)CC3)C2=S)c1. The molecule has 0 radical (unpaired) electrons. The largest absolute Gasteiger partial charge is 0.369 e. The van der Waals surface area contributed by atoms with Gasteiger partial charge in [0, 0.05) is 54.0 Å². The zero-order chi connectivity index (χ0) is 29.6. The Kier molecular flexibility index (Phi) is 9.99. The maximum atomic E-state index is 13.8. The summed E-state index contributed by atoms with van der Waals surface area (Å²) in [5.74, 6) is -0.690. The zero-order valence-corrected chi connectivity index (χ0v) is 25.7. The van der Waals surface area contributed by atoms with Crippen LogP contribution < -0.4 is 15.1 Å². The number of nitrogens with zero attached hydrogens (tertiary/aromatic N) is 4. The van der Waals surface area contributed by atoms with Crippen molar-refractivity contribution in [2.45, 2.75) is 23.8 Å². The van der Waals surface area contributed by atoms with E-state index in [0.29, 0.717) is 28.1 Å². The molecule has 11 heteroatoms. The first-order valence-electron chi connectivity index (χ1n) is 13.9. The summed E-state index contributed by atoms with van der Waals surface area (Å²) >= 11 is 13.4. The van der Waals surface area contributed by atoms with E-state index in [2.05, 4.69) is 15.1 Å². The van der Waals surface area contributed by atoms with Crippen molar-refractivity contribution in [2.75, 3.05) is 60.6 Å². The quantitative estimate of drug-likeness (QED) is 0.228. The highest BCUT2D eigenvalue weighted by molar-refractivity contribution is 7.98. The monoisotopic (exact) mass is 625 g/mol. The fourth-order valence-corrected chi connectivity index (χ4v) is 6.33. The molecule has 0 aromatic heterocycles. The first kappa shape index (κ1) is 30.3. The molecule has 2 fully saturated rings. The number of nitrogens with one attached hydrogen (secondary N) is 1. The number of benzene rings is 3. The van der Waals surface area contributed by atoms with Crippen molar-refractivity contribution >= 4 is 69.6 Å². The first-order chi connectivity index (χ1) is 20.3. The lowest BCUT2D eigenvalue weighted by Crippen LogP contribution is -2.47. The summed E-state index contributed by atoms with van der Waals surface area (Å²) in [4.78, 5) is 36.0. The second kappa shape index (κ2) is 13.9. The normalized spacial score (nSPS) is 17.7. The molecule has 0 aliphatic carbocycles. The third kappa shape index (κ3) is 7.23. The van der Waals surface area contributed by atoms with E-state index in [9.17, 15) is 14.0 Å². The number of amides is 2. The van der Waals surface area contributed by atoms with Crippen LogP contribution in [0.25, 0.3) is 0 Å². The number of anilines is 3. The van der Waals surface area contributed by atoms with Crippen LogP contribution >= 0.6 is 35.6 Å². The maximum Gasteiger partial charge on any atom is 0.256 e. The van der Waals surface area contributed by atoms with Gasteiger partial charge in [-0.25, -0.2) is 4.39 Å². The lowest BCUT2D eigenvalue weighted by Gasteiger charge is -2.36. The van der Waals surface area contributed by atoms with Gasteiger partial charge in [-0.05, 0) is 98.2 Å². The molecule has 0 unspecified atom stereocenters. The van der Waals surface area contributed by atoms with Gasteiger partial charge >= 0.3 is 0 Å². The Morgan fingerprint density at radius 3 is 2.40 bits per heavy atom. The minimum atomic E-state index is -0.696. The van der Waals surface area contributed by atoms with Crippen molar-refractivity contribution in [1.29, 1.82) is 0 Å². The first-order valence-corrected chi connectivity index (χ1v) is 15.9. The van der Waals surface area contributed by atoms with Gasteiger partial charge in [-0.15, -0.1) is 11.8 Å². The number of carbonyl (C=O) groups excluding carboxylic acids is 2. The average Bonchev–Trinajstić information content (AvgIpc) is 3.23. The van der Waals surface area contributed by atoms with E-state index in [1.165, 1.54) is 12.1 Å². The lowest BCUT2D eigenvalue weighted by molar-refractivity contribution is -0.124. The molecule has 2 aliphatic rings. The van der Waals surface area contributed by atoms with Gasteiger partial charge in [0.05, 0.1) is 12.1 Å². The number of hydrogen-bond acceptors (Lipinski definition) is 6. The molecular formula is C31H33ClFN5O2S2. The average molecular weight is 626 g/mol. The standard InChI is InChI=1S/C31H33ClFN5O2S2/c1-42-27-5-2-4-26(20-27)38-30(40)28(21-29(39)34-24-10-6-22(32)7-11-24)37(31(38)41)15-3-14-35-16-18-36(19-17-35)25-12-8-23(33)9-13-25/h2,4-13,20,28H,3,14-19,21H2,1H3,(H,34,39)/t28-/m1/s1. The smallest absolute Gasteiger partial charge is 0.256 e. The zero-order valence-electron chi connectivity index (χ0n) is 23.3. The second-order valence-electron chi connectivity index (χ2n) is 10.3. The number of piperazine rings is 1. The van der Waals surface area contributed by atoms with Crippen LogP contribution in [-0.4, -0.2) is 78.3 Å². The molecule has 0 bridgehead atoms. The molecular weight excluding hydrogens is 593 g/mol. The molecule has 3 aromatic rings. The summed E-state index contributed by atoms with van der Waals surface area (Å²) in [5.41, 5.74) is 2.36. The maximum absolute atomic E-state index is 13.8. The molecule has 2 amide bonds. The second-order valence-corrected chi connectivity index (χ2v) is 12.0. The number of hydrogen-bond donors (Lipinski definition) is 1. The minimum Gasteiger partial charge on any atom is -0.369 e. The van der Waals surface area contributed by atoms with E-state index in [1.54, 1.807) is 40.9 Å². The van der Waals surface area contributed by atoms with Crippen LogP contribution in [0.15, 0.2) is 77.7 Å². The third-order valence-corrected chi connectivity index (χ3v) is 8.97. The van der Waals surface area contributed by atoms with Crippen molar-refractivity contribution in [2.24, 2.45) is 0 Å².